The van der Waals surface area contributed by atoms with Gasteiger partial charge in [0.25, 0.3) is 0 Å². The lowest BCUT2D eigenvalue weighted by Crippen LogP contribution is -1.93. The van der Waals surface area contributed by atoms with Crippen molar-refractivity contribution in [3.63, 3.8) is 0 Å². The topological polar surface area (TPSA) is 42.4 Å². The van der Waals surface area contributed by atoms with E-state index in [1.54, 1.807) is 13.3 Å². The number of aryl methyl sites for hydroxylation is 2. The monoisotopic (exact) mass is 257 g/mol. The van der Waals surface area contributed by atoms with Crippen molar-refractivity contribution in [2.75, 3.05) is 7.11 Å². The number of hydrogen-bond donors (Lipinski definition) is 1. The fourth-order valence-corrected chi connectivity index (χ4v) is 2.02. The zero-order valence-electron chi connectivity index (χ0n) is 11.2. The zero-order chi connectivity index (χ0) is 13.5. The second-order valence-corrected chi connectivity index (χ2v) is 4.56. The summed E-state index contributed by atoms with van der Waals surface area (Å²) in [4.78, 5) is 4.15. The van der Waals surface area contributed by atoms with Crippen LogP contribution in [0.15, 0.2) is 42.7 Å². The summed E-state index contributed by atoms with van der Waals surface area (Å²) < 4.78 is 5.16. The average Bonchev–Trinajstić information content (AvgIpc) is 2.48. The number of methoxy groups -OCH3 is 1. The fraction of sp³-hybridized carbons (Fsp3) is 0.312. The van der Waals surface area contributed by atoms with E-state index < -0.39 is 0 Å². The summed E-state index contributed by atoms with van der Waals surface area (Å²) >= 11 is 0. The minimum absolute atomic E-state index is 0.107. The second kappa shape index (κ2) is 6.90. The minimum atomic E-state index is 0.107. The smallest absolute Gasteiger partial charge is 0.137 e. The van der Waals surface area contributed by atoms with E-state index in [4.69, 9.17) is 9.84 Å². The van der Waals surface area contributed by atoms with Gasteiger partial charge in [-0.3, -0.25) is 4.98 Å². The molecule has 1 heterocycles. The highest BCUT2D eigenvalue weighted by Gasteiger charge is 1.99. The molecule has 2 aromatic rings. The molecular formula is C16H19NO2. The average molecular weight is 257 g/mol. The van der Waals surface area contributed by atoms with Gasteiger partial charge in [0.15, 0.2) is 0 Å². The molecule has 0 unspecified atom stereocenters. The van der Waals surface area contributed by atoms with E-state index in [2.05, 4.69) is 17.1 Å². The first-order chi connectivity index (χ1) is 9.31. The van der Waals surface area contributed by atoms with Gasteiger partial charge in [-0.2, -0.15) is 0 Å². The maximum atomic E-state index is 8.98. The zero-order valence-corrected chi connectivity index (χ0v) is 11.2. The molecule has 2 rings (SSSR count). The first-order valence-electron chi connectivity index (χ1n) is 6.48. The fourth-order valence-electron chi connectivity index (χ4n) is 2.02. The number of pyridine rings is 1. The van der Waals surface area contributed by atoms with Crippen molar-refractivity contribution in [3.8, 4) is 5.75 Å². The molecule has 0 saturated carbocycles. The lowest BCUT2D eigenvalue weighted by Gasteiger charge is -2.05. The Hall–Kier alpha value is -1.87. The van der Waals surface area contributed by atoms with E-state index in [9.17, 15) is 0 Å². The van der Waals surface area contributed by atoms with Crippen LogP contribution in [0.5, 0.6) is 5.75 Å². The number of aliphatic hydroxyl groups is 1. The van der Waals surface area contributed by atoms with Gasteiger partial charge in [0.2, 0.25) is 0 Å². The molecule has 3 heteroatoms. The van der Waals surface area contributed by atoms with Crippen LogP contribution < -0.4 is 4.74 Å². The summed E-state index contributed by atoms with van der Waals surface area (Å²) in [5.74, 6) is 0.810. The largest absolute Gasteiger partial charge is 0.495 e. The van der Waals surface area contributed by atoms with Crippen LogP contribution in [0.4, 0.5) is 0 Å². The highest BCUT2D eigenvalue weighted by molar-refractivity contribution is 5.24. The van der Waals surface area contributed by atoms with Crippen molar-refractivity contribution in [1.82, 2.24) is 4.98 Å². The van der Waals surface area contributed by atoms with Gasteiger partial charge < -0.3 is 9.84 Å². The quantitative estimate of drug-likeness (QED) is 0.865. The van der Waals surface area contributed by atoms with Gasteiger partial charge in [0.05, 0.1) is 19.9 Å². The van der Waals surface area contributed by atoms with Crippen molar-refractivity contribution in [3.05, 3.63) is 59.4 Å². The number of aromatic nitrogens is 1. The molecule has 19 heavy (non-hydrogen) atoms. The van der Waals surface area contributed by atoms with Crippen LogP contribution in [0.25, 0.3) is 0 Å². The van der Waals surface area contributed by atoms with Gasteiger partial charge in [0.1, 0.15) is 5.75 Å². The highest BCUT2D eigenvalue weighted by Crippen LogP contribution is 2.13. The maximum Gasteiger partial charge on any atom is 0.137 e. The van der Waals surface area contributed by atoms with Gasteiger partial charge in [0, 0.05) is 6.20 Å². The summed E-state index contributed by atoms with van der Waals surface area (Å²) in [5, 5.41) is 8.98. The molecule has 3 nitrogen and oxygen atoms in total. The first-order valence-corrected chi connectivity index (χ1v) is 6.48. The number of benzene rings is 1. The summed E-state index contributed by atoms with van der Waals surface area (Å²) in [6.45, 7) is 0.107. The molecule has 0 aliphatic heterocycles. The molecule has 1 N–H and O–H groups in total. The first kappa shape index (κ1) is 13.6. The van der Waals surface area contributed by atoms with Crippen molar-refractivity contribution in [1.29, 1.82) is 0 Å². The molecule has 0 radical (unpaired) electrons. The molecule has 0 amide bonds. The third-order valence-corrected chi connectivity index (χ3v) is 3.14. The Labute approximate surface area is 113 Å². The molecule has 0 atom stereocenters. The summed E-state index contributed by atoms with van der Waals surface area (Å²) in [6.07, 6.45) is 6.71. The molecule has 1 aromatic heterocycles. The third kappa shape index (κ3) is 4.07. The van der Waals surface area contributed by atoms with Crippen LogP contribution in [0.3, 0.4) is 0 Å². The Kier molecular flexibility index (Phi) is 4.93. The maximum absolute atomic E-state index is 8.98. The Morgan fingerprint density at radius 1 is 1.00 bits per heavy atom. The van der Waals surface area contributed by atoms with Crippen molar-refractivity contribution in [2.45, 2.75) is 25.9 Å². The molecule has 0 spiro atoms. The minimum Gasteiger partial charge on any atom is -0.495 e. The lowest BCUT2D eigenvalue weighted by molar-refractivity contribution is 0.282. The molecule has 100 valence electrons. The van der Waals surface area contributed by atoms with Crippen molar-refractivity contribution in [2.24, 2.45) is 0 Å². The molecule has 0 aliphatic carbocycles. The van der Waals surface area contributed by atoms with Crippen LogP contribution in [0.1, 0.15) is 23.1 Å². The summed E-state index contributed by atoms with van der Waals surface area (Å²) in [5.41, 5.74) is 3.46. The number of nitrogens with zero attached hydrogens (tertiary/aromatic N) is 1. The van der Waals surface area contributed by atoms with Crippen molar-refractivity contribution < 1.29 is 9.84 Å². The van der Waals surface area contributed by atoms with Gasteiger partial charge in [-0.05, 0) is 42.0 Å². The van der Waals surface area contributed by atoms with Crippen LogP contribution in [0, 0.1) is 0 Å². The molecular weight excluding hydrogens is 238 g/mol. The molecule has 0 bridgehead atoms. The SMILES string of the molecule is COc1cncc(CCCc2ccc(CO)cc2)c1. The van der Waals surface area contributed by atoms with E-state index in [-0.39, 0.29) is 6.61 Å². The van der Waals surface area contributed by atoms with Gasteiger partial charge in [-0.25, -0.2) is 0 Å². The third-order valence-electron chi connectivity index (χ3n) is 3.14. The van der Waals surface area contributed by atoms with Crippen LogP contribution in [-0.2, 0) is 19.4 Å². The van der Waals surface area contributed by atoms with Gasteiger partial charge in [-0.1, -0.05) is 24.3 Å². The Balaban J connectivity index is 1.85. The van der Waals surface area contributed by atoms with Crippen molar-refractivity contribution >= 4 is 0 Å². The van der Waals surface area contributed by atoms with E-state index in [0.29, 0.717) is 0 Å². The number of ether oxygens (including phenoxy) is 1. The molecule has 0 fully saturated rings. The van der Waals surface area contributed by atoms with Crippen LogP contribution in [0.2, 0.25) is 0 Å². The second-order valence-electron chi connectivity index (χ2n) is 4.56. The van der Waals surface area contributed by atoms with E-state index in [1.807, 2.05) is 24.4 Å². The standard InChI is InChI=1S/C16H19NO2/c1-19-16-9-15(10-17-11-16)4-2-3-13-5-7-14(12-18)8-6-13/h5-11,18H,2-4,12H2,1H3. The molecule has 1 aromatic carbocycles. The molecule has 0 aliphatic rings. The Morgan fingerprint density at radius 3 is 2.37 bits per heavy atom. The Morgan fingerprint density at radius 2 is 1.68 bits per heavy atom. The predicted octanol–water partition coefficient (Wildman–Crippen LogP) is 2.76. The van der Waals surface area contributed by atoms with E-state index in [0.717, 1.165) is 30.6 Å². The number of rotatable bonds is 6. The van der Waals surface area contributed by atoms with Gasteiger partial charge >= 0.3 is 0 Å². The predicted molar refractivity (Wildman–Crippen MR) is 75.2 cm³/mol. The van der Waals surface area contributed by atoms with Crippen LogP contribution in [-0.4, -0.2) is 17.2 Å². The highest BCUT2D eigenvalue weighted by atomic mass is 16.5. The summed E-state index contributed by atoms with van der Waals surface area (Å²) in [6, 6.07) is 10.1. The number of aliphatic hydroxyl groups excluding tert-OH is 1. The Bertz CT molecular complexity index is 508. The van der Waals surface area contributed by atoms with E-state index in [1.165, 1.54) is 11.1 Å². The van der Waals surface area contributed by atoms with E-state index >= 15 is 0 Å². The number of hydrogen-bond acceptors (Lipinski definition) is 3. The van der Waals surface area contributed by atoms with Gasteiger partial charge in [-0.15, -0.1) is 0 Å². The lowest BCUT2D eigenvalue weighted by atomic mass is 10.0. The summed E-state index contributed by atoms with van der Waals surface area (Å²) in [7, 11) is 1.66. The van der Waals surface area contributed by atoms with Crippen LogP contribution >= 0.6 is 0 Å². The molecule has 0 saturated heterocycles. The normalized spacial score (nSPS) is 10.4.